The Bertz CT molecular complexity index is 1070. The van der Waals surface area contributed by atoms with Crippen molar-refractivity contribution in [1.29, 1.82) is 0 Å². The Balaban J connectivity index is 1.18. The fourth-order valence-corrected chi connectivity index (χ4v) is 5.28. The average Bonchev–Trinajstić information content (AvgIpc) is 3.39. The summed E-state index contributed by atoms with van der Waals surface area (Å²) in [7, 11) is 0. The minimum atomic E-state index is -1.08. The third-order valence-electron chi connectivity index (χ3n) is 7.36. The standard InChI is InChI=1S/C26H28N2O6/c29-23(30)22-21(10-13-33-22)28-24(31)26(11-5-12-26)15-27-25(32)34-14-20-18-8-3-1-6-16(18)17-7-2-4-9-19(17)20/h1-4,6-9,20-22H,5,10-15H2,(H,27,32)(H,28,31)(H,29,30)/t21-,22+/m0/s1. The molecule has 0 unspecified atom stereocenters. The first-order chi connectivity index (χ1) is 16.5. The molecule has 2 atom stereocenters. The molecule has 1 heterocycles. The largest absolute Gasteiger partial charge is 0.479 e. The van der Waals surface area contributed by atoms with Gasteiger partial charge in [0.1, 0.15) is 6.61 Å². The summed E-state index contributed by atoms with van der Waals surface area (Å²) in [5.41, 5.74) is 3.86. The second kappa shape index (κ2) is 9.10. The number of carbonyl (C=O) groups excluding carboxylic acids is 2. The van der Waals surface area contributed by atoms with Crippen LogP contribution in [0.3, 0.4) is 0 Å². The number of hydrogen-bond acceptors (Lipinski definition) is 5. The summed E-state index contributed by atoms with van der Waals surface area (Å²) in [6.45, 7) is 0.659. The average molecular weight is 465 g/mol. The van der Waals surface area contributed by atoms with Crippen LogP contribution in [-0.4, -0.2) is 55.0 Å². The zero-order valence-electron chi connectivity index (χ0n) is 18.8. The maximum absolute atomic E-state index is 13.0. The van der Waals surface area contributed by atoms with Crippen molar-refractivity contribution >= 4 is 18.0 Å². The van der Waals surface area contributed by atoms with Gasteiger partial charge in [-0.1, -0.05) is 55.0 Å². The molecule has 5 rings (SSSR count). The van der Waals surface area contributed by atoms with E-state index in [2.05, 4.69) is 34.9 Å². The number of amides is 2. The summed E-state index contributed by atoms with van der Waals surface area (Å²) in [6, 6.07) is 15.7. The Morgan fingerprint density at radius 1 is 1.03 bits per heavy atom. The van der Waals surface area contributed by atoms with Gasteiger partial charge in [-0.25, -0.2) is 9.59 Å². The summed E-state index contributed by atoms with van der Waals surface area (Å²) in [5, 5.41) is 14.9. The highest BCUT2D eigenvalue weighted by molar-refractivity contribution is 5.86. The lowest BCUT2D eigenvalue weighted by molar-refractivity contribution is -0.149. The summed E-state index contributed by atoms with van der Waals surface area (Å²) in [4.78, 5) is 36.9. The molecule has 0 radical (unpaired) electrons. The van der Waals surface area contributed by atoms with E-state index in [1.165, 1.54) is 0 Å². The van der Waals surface area contributed by atoms with Crippen molar-refractivity contribution in [1.82, 2.24) is 10.6 Å². The fraction of sp³-hybridized carbons (Fsp3) is 0.423. The smallest absolute Gasteiger partial charge is 0.407 e. The number of nitrogens with one attached hydrogen (secondary N) is 2. The van der Waals surface area contributed by atoms with E-state index in [1.807, 2.05) is 24.3 Å². The van der Waals surface area contributed by atoms with Crippen LogP contribution in [0.5, 0.6) is 0 Å². The van der Waals surface area contributed by atoms with Crippen LogP contribution in [0.4, 0.5) is 4.79 Å². The number of alkyl carbamates (subject to hydrolysis) is 1. The molecule has 8 nitrogen and oxygen atoms in total. The van der Waals surface area contributed by atoms with Gasteiger partial charge in [0.05, 0.1) is 11.5 Å². The van der Waals surface area contributed by atoms with Gasteiger partial charge < -0.3 is 25.2 Å². The molecule has 1 aliphatic heterocycles. The van der Waals surface area contributed by atoms with E-state index in [0.717, 1.165) is 28.7 Å². The second-order valence-electron chi connectivity index (χ2n) is 9.31. The van der Waals surface area contributed by atoms with Crippen molar-refractivity contribution in [2.75, 3.05) is 19.8 Å². The molecule has 2 aromatic carbocycles. The number of carboxylic acids is 1. The van der Waals surface area contributed by atoms with Gasteiger partial charge >= 0.3 is 12.1 Å². The highest BCUT2D eigenvalue weighted by Gasteiger charge is 2.47. The number of aliphatic carboxylic acids is 1. The quantitative estimate of drug-likeness (QED) is 0.580. The highest BCUT2D eigenvalue weighted by Crippen LogP contribution is 2.44. The minimum absolute atomic E-state index is 0.0329. The third-order valence-corrected chi connectivity index (χ3v) is 7.36. The molecule has 1 saturated heterocycles. The zero-order valence-corrected chi connectivity index (χ0v) is 18.8. The van der Waals surface area contributed by atoms with Crippen molar-refractivity contribution < 1.29 is 29.0 Å². The second-order valence-corrected chi connectivity index (χ2v) is 9.31. The van der Waals surface area contributed by atoms with Crippen LogP contribution in [0.15, 0.2) is 48.5 Å². The van der Waals surface area contributed by atoms with Crippen molar-refractivity contribution in [3.8, 4) is 11.1 Å². The molecule has 0 spiro atoms. The number of ether oxygens (including phenoxy) is 2. The normalized spacial score (nSPS) is 22.2. The number of fused-ring (bicyclic) bond motifs is 3. The molecule has 34 heavy (non-hydrogen) atoms. The topological polar surface area (TPSA) is 114 Å². The fourth-order valence-electron chi connectivity index (χ4n) is 5.28. The van der Waals surface area contributed by atoms with E-state index >= 15 is 0 Å². The maximum atomic E-state index is 13.0. The van der Waals surface area contributed by atoms with Gasteiger partial charge in [-0.3, -0.25) is 4.79 Å². The summed E-state index contributed by atoms with van der Waals surface area (Å²) in [6.07, 6.45) is 1.01. The summed E-state index contributed by atoms with van der Waals surface area (Å²) >= 11 is 0. The first-order valence-electron chi connectivity index (χ1n) is 11.7. The van der Waals surface area contributed by atoms with Crippen LogP contribution in [0.2, 0.25) is 0 Å². The maximum Gasteiger partial charge on any atom is 0.407 e. The Morgan fingerprint density at radius 2 is 1.68 bits per heavy atom. The molecule has 0 aromatic heterocycles. The van der Waals surface area contributed by atoms with E-state index in [0.29, 0.717) is 25.9 Å². The van der Waals surface area contributed by atoms with E-state index in [4.69, 9.17) is 9.47 Å². The monoisotopic (exact) mass is 464 g/mol. The van der Waals surface area contributed by atoms with Crippen LogP contribution in [0.1, 0.15) is 42.7 Å². The predicted molar refractivity (Wildman–Crippen MR) is 123 cm³/mol. The van der Waals surface area contributed by atoms with Gasteiger partial charge in [-0.15, -0.1) is 0 Å². The molecule has 3 aliphatic rings. The summed E-state index contributed by atoms with van der Waals surface area (Å²) in [5.74, 6) is -1.35. The Hall–Kier alpha value is -3.39. The van der Waals surface area contributed by atoms with Crippen molar-refractivity contribution in [3.63, 3.8) is 0 Å². The summed E-state index contributed by atoms with van der Waals surface area (Å²) < 4.78 is 10.8. The predicted octanol–water partition coefficient (Wildman–Crippen LogP) is 3.05. The zero-order chi connectivity index (χ0) is 23.7. The number of carbonyl (C=O) groups is 3. The van der Waals surface area contributed by atoms with Crippen LogP contribution in [0, 0.1) is 5.41 Å². The van der Waals surface area contributed by atoms with E-state index in [9.17, 15) is 19.5 Å². The molecule has 2 aliphatic carbocycles. The number of carboxylic acid groups (broad SMARTS) is 1. The van der Waals surface area contributed by atoms with Gasteiger partial charge in [0.15, 0.2) is 6.10 Å². The number of rotatable bonds is 7. The Kier molecular flexibility index (Phi) is 6.00. The van der Waals surface area contributed by atoms with E-state index < -0.39 is 29.6 Å². The first-order valence-corrected chi connectivity index (χ1v) is 11.7. The molecule has 0 bridgehead atoms. The molecule has 3 N–H and O–H groups in total. The van der Waals surface area contributed by atoms with Gasteiger partial charge in [-0.05, 0) is 41.5 Å². The van der Waals surface area contributed by atoms with Crippen LogP contribution < -0.4 is 10.6 Å². The lowest BCUT2D eigenvalue weighted by atomic mass is 9.68. The van der Waals surface area contributed by atoms with Crippen molar-refractivity contribution in [2.24, 2.45) is 5.41 Å². The van der Waals surface area contributed by atoms with Gasteiger partial charge in [0.25, 0.3) is 0 Å². The lowest BCUT2D eigenvalue weighted by Crippen LogP contribution is -2.56. The van der Waals surface area contributed by atoms with Gasteiger partial charge in [-0.2, -0.15) is 0 Å². The van der Waals surface area contributed by atoms with Crippen LogP contribution in [-0.2, 0) is 19.1 Å². The molecule has 178 valence electrons. The molecule has 1 saturated carbocycles. The highest BCUT2D eigenvalue weighted by atomic mass is 16.5. The van der Waals surface area contributed by atoms with Crippen molar-refractivity contribution in [3.05, 3.63) is 59.7 Å². The van der Waals surface area contributed by atoms with Crippen molar-refractivity contribution in [2.45, 2.75) is 43.7 Å². The molecular formula is C26H28N2O6. The third kappa shape index (κ3) is 4.03. The lowest BCUT2D eigenvalue weighted by Gasteiger charge is -2.41. The Morgan fingerprint density at radius 3 is 2.26 bits per heavy atom. The number of benzene rings is 2. The molecule has 2 aromatic rings. The molecular weight excluding hydrogens is 436 g/mol. The molecule has 2 amide bonds. The van der Waals surface area contributed by atoms with Gasteiger partial charge in [0.2, 0.25) is 5.91 Å². The Labute approximate surface area is 197 Å². The molecule has 2 fully saturated rings. The first kappa shape index (κ1) is 22.4. The van der Waals surface area contributed by atoms with E-state index in [-0.39, 0.29) is 25.0 Å². The van der Waals surface area contributed by atoms with Crippen LogP contribution >= 0.6 is 0 Å². The van der Waals surface area contributed by atoms with Crippen LogP contribution in [0.25, 0.3) is 11.1 Å². The van der Waals surface area contributed by atoms with Gasteiger partial charge in [0, 0.05) is 19.1 Å². The SMILES string of the molecule is O=C(NCC1(C(=O)N[C@H]2CCO[C@H]2C(=O)O)CCC1)OCC1c2ccccc2-c2ccccc21. The molecule has 8 heteroatoms. The minimum Gasteiger partial charge on any atom is -0.479 e. The number of hydrogen-bond donors (Lipinski definition) is 3. The van der Waals surface area contributed by atoms with E-state index in [1.54, 1.807) is 0 Å².